The molecule has 18 heavy (non-hydrogen) atoms. The first-order valence-corrected chi connectivity index (χ1v) is 6.63. The molecule has 1 aliphatic rings. The molecule has 4 nitrogen and oxygen atoms in total. The van der Waals surface area contributed by atoms with Gasteiger partial charge in [0.05, 0.1) is 12.3 Å². The van der Waals surface area contributed by atoms with Gasteiger partial charge in [0.2, 0.25) is 5.91 Å². The van der Waals surface area contributed by atoms with E-state index in [4.69, 9.17) is 4.42 Å². The van der Waals surface area contributed by atoms with Crippen LogP contribution in [0.25, 0.3) is 0 Å². The van der Waals surface area contributed by atoms with E-state index in [9.17, 15) is 4.79 Å². The summed E-state index contributed by atoms with van der Waals surface area (Å²) in [5.41, 5.74) is 1.95. The highest BCUT2D eigenvalue weighted by Gasteiger charge is 2.32. The van der Waals surface area contributed by atoms with Gasteiger partial charge in [-0.15, -0.1) is 0 Å². The second-order valence-corrected chi connectivity index (χ2v) is 4.94. The van der Waals surface area contributed by atoms with Crippen LogP contribution in [-0.4, -0.2) is 16.6 Å². The summed E-state index contributed by atoms with van der Waals surface area (Å²) in [6, 6.07) is 5.72. The van der Waals surface area contributed by atoms with Crippen molar-refractivity contribution in [1.82, 2.24) is 5.01 Å². The van der Waals surface area contributed by atoms with E-state index in [1.54, 1.807) is 22.6 Å². The number of carbonyl (C=O) groups excluding carboxylic acids is 1. The summed E-state index contributed by atoms with van der Waals surface area (Å²) in [6.07, 6.45) is 2.32. The van der Waals surface area contributed by atoms with Crippen molar-refractivity contribution in [3.05, 3.63) is 46.5 Å². The van der Waals surface area contributed by atoms with Crippen molar-refractivity contribution in [3.8, 4) is 0 Å². The number of amides is 1. The van der Waals surface area contributed by atoms with Crippen molar-refractivity contribution in [2.45, 2.75) is 19.4 Å². The van der Waals surface area contributed by atoms with Crippen LogP contribution < -0.4 is 0 Å². The molecule has 0 bridgehead atoms. The highest BCUT2D eigenvalue weighted by molar-refractivity contribution is 7.08. The van der Waals surface area contributed by atoms with Gasteiger partial charge in [-0.25, -0.2) is 5.01 Å². The Hall–Kier alpha value is -1.88. The molecule has 0 N–H and O–H groups in total. The van der Waals surface area contributed by atoms with E-state index in [0.29, 0.717) is 6.42 Å². The standard InChI is InChI=1S/C13H12N2O2S/c1-9(16)15-12(10-4-6-18-8-10)7-11(14-15)13-3-2-5-17-13/h2-6,8,12H,7H2,1H3/t12-/m0/s1. The largest absolute Gasteiger partial charge is 0.463 e. The SMILES string of the molecule is CC(=O)N1N=C(c2ccco2)C[C@H]1c1ccsc1. The first kappa shape index (κ1) is 11.2. The molecule has 0 saturated carbocycles. The van der Waals surface area contributed by atoms with Crippen molar-refractivity contribution >= 4 is 23.0 Å². The van der Waals surface area contributed by atoms with Crippen LogP contribution in [-0.2, 0) is 4.79 Å². The summed E-state index contributed by atoms with van der Waals surface area (Å²) < 4.78 is 5.35. The zero-order chi connectivity index (χ0) is 12.5. The summed E-state index contributed by atoms with van der Waals surface area (Å²) in [5.74, 6) is 0.687. The Morgan fingerprint density at radius 1 is 1.56 bits per heavy atom. The predicted octanol–water partition coefficient (Wildman–Crippen LogP) is 3.04. The normalized spacial score (nSPS) is 19.1. The second-order valence-electron chi connectivity index (χ2n) is 4.16. The van der Waals surface area contributed by atoms with Crippen LogP contribution in [0.4, 0.5) is 0 Å². The molecule has 5 heteroatoms. The lowest BCUT2D eigenvalue weighted by Crippen LogP contribution is -2.23. The lowest BCUT2D eigenvalue weighted by atomic mass is 10.0. The molecule has 1 aliphatic heterocycles. The average Bonchev–Trinajstić information content (AvgIpc) is 3.10. The minimum absolute atomic E-state index is 0.00569. The lowest BCUT2D eigenvalue weighted by Gasteiger charge is -2.18. The Morgan fingerprint density at radius 2 is 2.44 bits per heavy atom. The van der Waals surface area contributed by atoms with E-state index < -0.39 is 0 Å². The van der Waals surface area contributed by atoms with Crippen molar-refractivity contribution < 1.29 is 9.21 Å². The monoisotopic (exact) mass is 260 g/mol. The summed E-state index contributed by atoms with van der Waals surface area (Å²) in [5, 5.41) is 9.99. The number of hydrogen-bond donors (Lipinski definition) is 0. The zero-order valence-electron chi connectivity index (χ0n) is 9.87. The minimum atomic E-state index is -0.0484. The van der Waals surface area contributed by atoms with Gasteiger partial charge >= 0.3 is 0 Å². The molecular formula is C13H12N2O2S. The van der Waals surface area contributed by atoms with Gasteiger partial charge in [0.1, 0.15) is 11.5 Å². The van der Waals surface area contributed by atoms with Crippen LogP contribution in [0.3, 0.4) is 0 Å². The molecule has 3 rings (SSSR count). The molecule has 0 radical (unpaired) electrons. The second kappa shape index (κ2) is 4.42. The van der Waals surface area contributed by atoms with E-state index in [2.05, 4.69) is 10.5 Å². The van der Waals surface area contributed by atoms with Gasteiger partial charge < -0.3 is 4.42 Å². The summed E-state index contributed by atoms with van der Waals surface area (Å²) in [6.45, 7) is 1.54. The van der Waals surface area contributed by atoms with E-state index in [0.717, 1.165) is 17.0 Å². The Morgan fingerprint density at radius 3 is 3.06 bits per heavy atom. The lowest BCUT2D eigenvalue weighted by molar-refractivity contribution is -0.130. The fourth-order valence-corrected chi connectivity index (χ4v) is 2.82. The maximum Gasteiger partial charge on any atom is 0.240 e. The quantitative estimate of drug-likeness (QED) is 0.833. The number of nitrogens with zero attached hydrogens (tertiary/aromatic N) is 2. The van der Waals surface area contributed by atoms with E-state index in [1.807, 2.05) is 23.6 Å². The maximum absolute atomic E-state index is 11.7. The molecule has 2 aromatic heterocycles. The molecule has 0 aliphatic carbocycles. The van der Waals surface area contributed by atoms with Gasteiger partial charge in [-0.2, -0.15) is 16.4 Å². The molecule has 0 unspecified atom stereocenters. The van der Waals surface area contributed by atoms with Gasteiger partial charge in [-0.1, -0.05) is 0 Å². The first-order valence-electron chi connectivity index (χ1n) is 5.69. The summed E-state index contributed by atoms with van der Waals surface area (Å²) >= 11 is 1.63. The van der Waals surface area contributed by atoms with Crippen LogP contribution >= 0.6 is 11.3 Å². The van der Waals surface area contributed by atoms with Crippen molar-refractivity contribution in [2.75, 3.05) is 0 Å². The fourth-order valence-electron chi connectivity index (χ4n) is 2.12. The summed E-state index contributed by atoms with van der Waals surface area (Å²) in [4.78, 5) is 11.7. The Labute approximate surface area is 109 Å². The molecule has 0 saturated heterocycles. The minimum Gasteiger partial charge on any atom is -0.463 e. The smallest absolute Gasteiger partial charge is 0.240 e. The molecule has 0 fully saturated rings. The first-order chi connectivity index (χ1) is 8.75. The number of thiophene rings is 1. The van der Waals surface area contributed by atoms with Crippen LogP contribution in [0.15, 0.2) is 44.7 Å². The molecule has 92 valence electrons. The van der Waals surface area contributed by atoms with Gasteiger partial charge in [0.15, 0.2) is 0 Å². The van der Waals surface area contributed by atoms with E-state index in [-0.39, 0.29) is 11.9 Å². The zero-order valence-corrected chi connectivity index (χ0v) is 10.7. The molecule has 1 amide bonds. The third-order valence-electron chi connectivity index (χ3n) is 2.97. The molecule has 0 spiro atoms. The van der Waals surface area contributed by atoms with Crippen LogP contribution in [0.1, 0.15) is 30.7 Å². The third kappa shape index (κ3) is 1.86. The van der Waals surface area contributed by atoms with Gasteiger partial charge in [-0.05, 0) is 34.5 Å². The molecule has 1 atom stereocenters. The Balaban J connectivity index is 1.93. The van der Waals surface area contributed by atoms with Crippen LogP contribution in [0.2, 0.25) is 0 Å². The third-order valence-corrected chi connectivity index (χ3v) is 3.67. The molecule has 3 heterocycles. The molecule has 0 aromatic carbocycles. The molecular weight excluding hydrogens is 248 g/mol. The topological polar surface area (TPSA) is 45.8 Å². The van der Waals surface area contributed by atoms with Crippen molar-refractivity contribution in [2.24, 2.45) is 5.10 Å². The number of hydrogen-bond acceptors (Lipinski definition) is 4. The maximum atomic E-state index is 11.7. The van der Waals surface area contributed by atoms with Gasteiger partial charge in [0.25, 0.3) is 0 Å². The number of furan rings is 1. The van der Waals surface area contributed by atoms with Gasteiger partial charge in [0, 0.05) is 13.3 Å². The van der Waals surface area contributed by atoms with E-state index in [1.165, 1.54) is 6.92 Å². The van der Waals surface area contributed by atoms with E-state index >= 15 is 0 Å². The van der Waals surface area contributed by atoms with Crippen LogP contribution in [0, 0.1) is 0 Å². The fraction of sp³-hybridized carbons (Fsp3) is 0.231. The number of rotatable bonds is 2. The van der Waals surface area contributed by atoms with Gasteiger partial charge in [-0.3, -0.25) is 4.79 Å². The van der Waals surface area contributed by atoms with Crippen molar-refractivity contribution in [3.63, 3.8) is 0 Å². The van der Waals surface area contributed by atoms with Crippen molar-refractivity contribution in [1.29, 1.82) is 0 Å². The highest BCUT2D eigenvalue weighted by Crippen LogP contribution is 2.33. The number of hydrazone groups is 1. The average molecular weight is 260 g/mol. The highest BCUT2D eigenvalue weighted by atomic mass is 32.1. The predicted molar refractivity (Wildman–Crippen MR) is 69.4 cm³/mol. The Kier molecular flexibility index (Phi) is 2.76. The van der Waals surface area contributed by atoms with Crippen LogP contribution in [0.5, 0.6) is 0 Å². The Bertz CT molecular complexity index is 572. The summed E-state index contributed by atoms with van der Waals surface area (Å²) in [7, 11) is 0. The molecule has 2 aromatic rings. The number of carbonyl (C=O) groups is 1.